The van der Waals surface area contributed by atoms with Gasteiger partial charge in [0.15, 0.2) is 0 Å². The van der Waals surface area contributed by atoms with Crippen LogP contribution in [0.25, 0.3) is 0 Å². The Hall–Kier alpha value is -0.810. The van der Waals surface area contributed by atoms with E-state index in [2.05, 4.69) is 17.4 Å². The predicted octanol–water partition coefficient (Wildman–Crippen LogP) is 0.528. The molecular weight excluding hydrogens is 182 g/mol. The Morgan fingerprint density at radius 3 is 2.86 bits per heavy atom. The fourth-order valence-electron chi connectivity index (χ4n) is 1.25. The number of nitrogens with one attached hydrogen (secondary N) is 1. The Morgan fingerprint density at radius 2 is 2.36 bits per heavy atom. The molecule has 0 aliphatic carbocycles. The number of hydrogen-bond acceptors (Lipinski definition) is 4. The number of hydrogen-bond donors (Lipinski definition) is 3. The highest BCUT2D eigenvalue weighted by Crippen LogP contribution is 1.96. The average Bonchev–Trinajstić information content (AvgIpc) is 2.18. The molecule has 4 N–H and O–H groups in total. The topological polar surface area (TPSA) is 79.9 Å². The lowest BCUT2D eigenvalue weighted by molar-refractivity contribution is 0.162. The van der Waals surface area contributed by atoms with E-state index < -0.39 is 0 Å². The number of rotatable bonds is 8. The summed E-state index contributed by atoms with van der Waals surface area (Å²) >= 11 is 0. The van der Waals surface area contributed by atoms with Gasteiger partial charge in [-0.25, -0.2) is 0 Å². The van der Waals surface area contributed by atoms with E-state index in [0.29, 0.717) is 25.6 Å². The summed E-state index contributed by atoms with van der Waals surface area (Å²) in [5, 5.41) is 14.5. The molecule has 0 saturated heterocycles. The largest absolute Gasteiger partial charge is 0.409 e. The van der Waals surface area contributed by atoms with Crippen LogP contribution in [0, 0.1) is 0 Å². The van der Waals surface area contributed by atoms with Gasteiger partial charge in [-0.3, -0.25) is 0 Å². The Labute approximate surface area is 85.3 Å². The third kappa shape index (κ3) is 6.68. The third-order valence-electron chi connectivity index (χ3n) is 1.95. The number of nitrogens with two attached hydrogens (primary N) is 1. The molecule has 0 bridgehead atoms. The Bertz CT molecular complexity index is 156. The van der Waals surface area contributed by atoms with Crippen LogP contribution in [-0.2, 0) is 4.74 Å². The van der Waals surface area contributed by atoms with Crippen LogP contribution in [0.4, 0.5) is 0 Å². The highest BCUT2D eigenvalue weighted by molar-refractivity contribution is 5.79. The van der Waals surface area contributed by atoms with E-state index in [4.69, 9.17) is 15.7 Å². The summed E-state index contributed by atoms with van der Waals surface area (Å²) in [6.45, 7) is 3.54. The molecule has 0 aliphatic heterocycles. The molecular formula is C9H21N3O2. The summed E-state index contributed by atoms with van der Waals surface area (Å²) in [6.07, 6.45) is 2.75. The van der Waals surface area contributed by atoms with E-state index >= 15 is 0 Å². The van der Waals surface area contributed by atoms with Gasteiger partial charge in [0, 0.05) is 26.1 Å². The van der Waals surface area contributed by atoms with Crippen molar-refractivity contribution in [3.63, 3.8) is 0 Å². The normalized spacial score (nSPS) is 14.3. The first-order valence-electron chi connectivity index (χ1n) is 4.93. The van der Waals surface area contributed by atoms with Crippen LogP contribution >= 0.6 is 0 Å². The molecule has 0 aromatic rings. The van der Waals surface area contributed by atoms with Gasteiger partial charge in [-0.2, -0.15) is 0 Å². The molecule has 0 fully saturated rings. The first kappa shape index (κ1) is 13.2. The summed E-state index contributed by atoms with van der Waals surface area (Å²) in [5.41, 5.74) is 5.34. The van der Waals surface area contributed by atoms with Crippen LogP contribution in [0.2, 0.25) is 0 Å². The van der Waals surface area contributed by atoms with Crippen LogP contribution in [-0.4, -0.2) is 37.3 Å². The molecule has 5 heteroatoms. The van der Waals surface area contributed by atoms with Crippen molar-refractivity contribution in [1.82, 2.24) is 5.32 Å². The molecule has 0 heterocycles. The smallest absolute Gasteiger partial charge is 0.140 e. The molecule has 1 atom stereocenters. The molecule has 14 heavy (non-hydrogen) atoms. The maximum atomic E-state index is 8.32. The van der Waals surface area contributed by atoms with Crippen LogP contribution < -0.4 is 11.1 Å². The standard InChI is InChI=1S/C9H21N3O2/c1-3-4-8(7-14-2)11-6-5-9(10)12-13/h8,11,13H,3-7H2,1-2H3,(H2,10,12). The molecule has 0 spiro atoms. The van der Waals surface area contributed by atoms with Crippen molar-refractivity contribution in [3.8, 4) is 0 Å². The molecule has 5 nitrogen and oxygen atoms in total. The van der Waals surface area contributed by atoms with Gasteiger partial charge >= 0.3 is 0 Å². The molecule has 0 aromatic heterocycles. The molecule has 0 aromatic carbocycles. The third-order valence-corrected chi connectivity index (χ3v) is 1.95. The number of amidine groups is 1. The van der Waals surface area contributed by atoms with Gasteiger partial charge in [0.05, 0.1) is 6.61 Å². The number of oxime groups is 1. The first-order valence-corrected chi connectivity index (χ1v) is 4.93. The van der Waals surface area contributed by atoms with Gasteiger partial charge in [-0.05, 0) is 6.42 Å². The maximum absolute atomic E-state index is 8.32. The number of ether oxygens (including phenoxy) is 1. The fraction of sp³-hybridized carbons (Fsp3) is 0.889. The molecule has 1 unspecified atom stereocenters. The molecule has 0 rings (SSSR count). The summed E-state index contributed by atoms with van der Waals surface area (Å²) < 4.78 is 5.07. The van der Waals surface area contributed by atoms with Crippen molar-refractivity contribution in [2.75, 3.05) is 20.3 Å². The second-order valence-corrected chi connectivity index (χ2v) is 3.24. The van der Waals surface area contributed by atoms with E-state index in [0.717, 1.165) is 12.8 Å². The zero-order valence-electron chi connectivity index (χ0n) is 8.99. The van der Waals surface area contributed by atoms with E-state index in [1.54, 1.807) is 7.11 Å². The molecule has 0 radical (unpaired) electrons. The van der Waals surface area contributed by atoms with Gasteiger partial charge in [-0.15, -0.1) is 0 Å². The van der Waals surface area contributed by atoms with E-state index in [9.17, 15) is 0 Å². The van der Waals surface area contributed by atoms with Crippen molar-refractivity contribution in [2.45, 2.75) is 32.2 Å². The minimum atomic E-state index is 0.255. The van der Waals surface area contributed by atoms with Gasteiger partial charge in [0.2, 0.25) is 0 Å². The Morgan fingerprint density at radius 1 is 1.64 bits per heavy atom. The lowest BCUT2D eigenvalue weighted by Crippen LogP contribution is -2.35. The Kier molecular flexibility index (Phi) is 8.27. The summed E-state index contributed by atoms with van der Waals surface area (Å²) in [5.74, 6) is 0.255. The van der Waals surface area contributed by atoms with E-state index in [-0.39, 0.29) is 5.84 Å². The zero-order valence-corrected chi connectivity index (χ0v) is 8.99. The minimum absolute atomic E-state index is 0.255. The van der Waals surface area contributed by atoms with Gasteiger partial charge in [0.25, 0.3) is 0 Å². The minimum Gasteiger partial charge on any atom is -0.409 e. The van der Waals surface area contributed by atoms with Gasteiger partial charge in [-0.1, -0.05) is 18.5 Å². The monoisotopic (exact) mass is 203 g/mol. The fourth-order valence-corrected chi connectivity index (χ4v) is 1.25. The number of nitrogens with zero attached hydrogens (tertiary/aromatic N) is 1. The zero-order chi connectivity index (χ0) is 10.8. The van der Waals surface area contributed by atoms with Crippen LogP contribution in [0.3, 0.4) is 0 Å². The van der Waals surface area contributed by atoms with Crippen LogP contribution in [0.1, 0.15) is 26.2 Å². The number of methoxy groups -OCH3 is 1. The molecule has 0 saturated carbocycles. The van der Waals surface area contributed by atoms with Crippen molar-refractivity contribution >= 4 is 5.84 Å². The molecule has 84 valence electrons. The molecule has 0 aliphatic rings. The van der Waals surface area contributed by atoms with Crippen molar-refractivity contribution in [2.24, 2.45) is 10.9 Å². The van der Waals surface area contributed by atoms with Crippen molar-refractivity contribution in [1.29, 1.82) is 0 Å². The highest BCUT2D eigenvalue weighted by atomic mass is 16.5. The second-order valence-electron chi connectivity index (χ2n) is 3.24. The summed E-state index contributed by atoms with van der Waals surface area (Å²) in [6, 6.07) is 0.358. The molecule has 0 amide bonds. The van der Waals surface area contributed by atoms with E-state index in [1.165, 1.54) is 0 Å². The van der Waals surface area contributed by atoms with Crippen LogP contribution in [0.15, 0.2) is 5.16 Å². The van der Waals surface area contributed by atoms with Gasteiger partial charge < -0.3 is 21.0 Å². The van der Waals surface area contributed by atoms with Crippen LogP contribution in [0.5, 0.6) is 0 Å². The van der Waals surface area contributed by atoms with Gasteiger partial charge in [0.1, 0.15) is 5.84 Å². The SMILES string of the molecule is CCCC(COC)NCCC(N)=NO. The summed E-state index contributed by atoms with van der Waals surface area (Å²) in [7, 11) is 1.69. The lowest BCUT2D eigenvalue weighted by atomic mass is 10.2. The average molecular weight is 203 g/mol. The summed E-state index contributed by atoms with van der Waals surface area (Å²) in [4.78, 5) is 0. The highest BCUT2D eigenvalue weighted by Gasteiger charge is 2.05. The predicted molar refractivity (Wildman–Crippen MR) is 56.6 cm³/mol. The van der Waals surface area contributed by atoms with Crippen molar-refractivity contribution < 1.29 is 9.94 Å². The maximum Gasteiger partial charge on any atom is 0.140 e. The second kappa shape index (κ2) is 8.77. The Balaban J connectivity index is 3.59. The lowest BCUT2D eigenvalue weighted by Gasteiger charge is -2.16. The quantitative estimate of drug-likeness (QED) is 0.233. The van der Waals surface area contributed by atoms with Crippen molar-refractivity contribution in [3.05, 3.63) is 0 Å². The first-order chi connectivity index (χ1) is 6.74. The van der Waals surface area contributed by atoms with E-state index in [1.807, 2.05) is 0 Å².